The van der Waals surface area contributed by atoms with Crippen LogP contribution in [-0.4, -0.2) is 23.3 Å². The van der Waals surface area contributed by atoms with Crippen LogP contribution in [0, 0.1) is 27.7 Å². The molecule has 1 aromatic carbocycles. The highest BCUT2D eigenvalue weighted by Gasteiger charge is 2.28. The smallest absolute Gasteiger partial charge is 0.296 e. The van der Waals surface area contributed by atoms with Gasteiger partial charge in [0, 0.05) is 19.0 Å². The molecule has 0 spiro atoms. The van der Waals surface area contributed by atoms with Crippen LogP contribution in [0.2, 0.25) is 0 Å². The molecule has 1 aliphatic rings. The molecule has 1 aromatic rings. The number of anilines is 1. The number of amides is 2. The third kappa shape index (κ3) is 3.12. The number of piperidine rings is 1. The summed E-state index contributed by atoms with van der Waals surface area (Å²) in [5.74, 6) is -4.35. The Morgan fingerprint density at radius 1 is 1.43 bits per heavy atom. The van der Waals surface area contributed by atoms with Crippen LogP contribution in [0.4, 0.5) is 20.2 Å². The second-order valence-electron chi connectivity index (χ2n) is 4.54. The SMILES string of the molecule is O=C1CCC(C(=O)Nc2c([N+](=O)[O-])ccc(F)c2F)CN1. The second kappa shape index (κ2) is 5.81. The summed E-state index contributed by atoms with van der Waals surface area (Å²) in [5.41, 5.74) is -1.54. The Balaban J connectivity index is 2.22. The molecular weight excluding hydrogens is 288 g/mol. The van der Waals surface area contributed by atoms with E-state index in [1.54, 1.807) is 0 Å². The van der Waals surface area contributed by atoms with Crippen molar-refractivity contribution in [2.24, 2.45) is 5.92 Å². The maximum atomic E-state index is 13.6. The quantitative estimate of drug-likeness (QED) is 0.649. The highest BCUT2D eigenvalue weighted by atomic mass is 19.2. The molecule has 2 amide bonds. The predicted octanol–water partition coefficient (Wildman–Crippen LogP) is 1.34. The Morgan fingerprint density at radius 2 is 2.14 bits per heavy atom. The molecule has 0 radical (unpaired) electrons. The lowest BCUT2D eigenvalue weighted by Crippen LogP contribution is -2.40. The summed E-state index contributed by atoms with van der Waals surface area (Å²) in [7, 11) is 0. The first-order valence-electron chi connectivity index (χ1n) is 6.10. The molecule has 1 aliphatic heterocycles. The second-order valence-corrected chi connectivity index (χ2v) is 4.54. The fourth-order valence-electron chi connectivity index (χ4n) is 1.99. The van der Waals surface area contributed by atoms with Crippen LogP contribution in [-0.2, 0) is 9.59 Å². The first-order valence-corrected chi connectivity index (χ1v) is 6.10. The van der Waals surface area contributed by atoms with Gasteiger partial charge in [-0.1, -0.05) is 0 Å². The summed E-state index contributed by atoms with van der Waals surface area (Å²) >= 11 is 0. The van der Waals surface area contributed by atoms with E-state index in [4.69, 9.17) is 0 Å². The van der Waals surface area contributed by atoms with Gasteiger partial charge in [0.1, 0.15) is 0 Å². The molecule has 7 nitrogen and oxygen atoms in total. The van der Waals surface area contributed by atoms with Crippen molar-refractivity contribution in [1.82, 2.24) is 5.32 Å². The van der Waals surface area contributed by atoms with Crippen LogP contribution in [0.5, 0.6) is 0 Å². The molecule has 0 aromatic heterocycles. The van der Waals surface area contributed by atoms with Crippen LogP contribution in [0.25, 0.3) is 0 Å². The Bertz CT molecular complexity index is 611. The van der Waals surface area contributed by atoms with E-state index in [1.165, 1.54) is 0 Å². The molecule has 9 heteroatoms. The lowest BCUT2D eigenvalue weighted by molar-refractivity contribution is -0.384. The molecule has 0 aliphatic carbocycles. The minimum absolute atomic E-state index is 0.0510. The van der Waals surface area contributed by atoms with Crippen molar-refractivity contribution in [3.63, 3.8) is 0 Å². The van der Waals surface area contributed by atoms with Crippen molar-refractivity contribution < 1.29 is 23.3 Å². The van der Waals surface area contributed by atoms with Crippen LogP contribution in [0.15, 0.2) is 12.1 Å². The molecule has 1 unspecified atom stereocenters. The van der Waals surface area contributed by atoms with Gasteiger partial charge < -0.3 is 10.6 Å². The third-order valence-corrected chi connectivity index (χ3v) is 3.15. The van der Waals surface area contributed by atoms with Gasteiger partial charge in [0.25, 0.3) is 5.69 Å². The molecule has 1 atom stereocenters. The van der Waals surface area contributed by atoms with E-state index in [0.717, 1.165) is 6.07 Å². The fraction of sp³-hybridized carbons (Fsp3) is 0.333. The molecule has 2 rings (SSSR count). The highest BCUT2D eigenvalue weighted by Crippen LogP contribution is 2.29. The lowest BCUT2D eigenvalue weighted by Gasteiger charge is -2.21. The lowest BCUT2D eigenvalue weighted by atomic mass is 9.98. The van der Waals surface area contributed by atoms with Gasteiger partial charge in [0.05, 0.1) is 10.8 Å². The predicted molar refractivity (Wildman–Crippen MR) is 67.4 cm³/mol. The zero-order valence-electron chi connectivity index (χ0n) is 10.7. The maximum Gasteiger partial charge on any atom is 0.296 e. The zero-order valence-corrected chi connectivity index (χ0v) is 10.7. The van der Waals surface area contributed by atoms with Gasteiger partial charge in [-0.15, -0.1) is 0 Å². The normalized spacial score (nSPS) is 18.0. The molecule has 112 valence electrons. The first kappa shape index (κ1) is 14.8. The molecule has 1 saturated heterocycles. The number of carbonyl (C=O) groups is 2. The summed E-state index contributed by atoms with van der Waals surface area (Å²) in [6.07, 6.45) is 0.369. The van der Waals surface area contributed by atoms with Gasteiger partial charge in [-0.3, -0.25) is 19.7 Å². The van der Waals surface area contributed by atoms with Crippen molar-refractivity contribution in [2.45, 2.75) is 12.8 Å². The van der Waals surface area contributed by atoms with Crippen LogP contribution in [0.1, 0.15) is 12.8 Å². The largest absolute Gasteiger partial charge is 0.355 e. The molecule has 2 N–H and O–H groups in total. The number of rotatable bonds is 3. The van der Waals surface area contributed by atoms with Crippen molar-refractivity contribution in [1.29, 1.82) is 0 Å². The Morgan fingerprint density at radius 3 is 2.71 bits per heavy atom. The van der Waals surface area contributed by atoms with Gasteiger partial charge in [-0.05, 0) is 12.5 Å². The maximum absolute atomic E-state index is 13.6. The highest BCUT2D eigenvalue weighted by molar-refractivity contribution is 5.96. The summed E-state index contributed by atoms with van der Waals surface area (Å²) in [6.45, 7) is 0.0510. The zero-order chi connectivity index (χ0) is 15.6. The number of hydrogen-bond acceptors (Lipinski definition) is 4. The number of benzene rings is 1. The van der Waals surface area contributed by atoms with Gasteiger partial charge in [0.15, 0.2) is 17.3 Å². The third-order valence-electron chi connectivity index (χ3n) is 3.15. The van der Waals surface area contributed by atoms with E-state index < -0.39 is 39.8 Å². The van der Waals surface area contributed by atoms with Crippen LogP contribution < -0.4 is 10.6 Å². The standard InChI is InChI=1S/C12H11F2N3O4/c13-7-2-3-8(17(20)21)11(10(7)14)16-12(19)6-1-4-9(18)15-5-6/h2-3,6H,1,4-5H2,(H,15,18)(H,16,19). The fourth-order valence-corrected chi connectivity index (χ4v) is 1.99. The first-order chi connectivity index (χ1) is 9.90. The number of carbonyl (C=O) groups excluding carboxylic acids is 2. The molecule has 1 heterocycles. The van der Waals surface area contributed by atoms with Crippen molar-refractivity contribution >= 4 is 23.2 Å². The monoisotopic (exact) mass is 299 g/mol. The Kier molecular flexibility index (Phi) is 4.10. The summed E-state index contributed by atoms with van der Waals surface area (Å²) in [4.78, 5) is 32.8. The van der Waals surface area contributed by atoms with Crippen LogP contribution >= 0.6 is 0 Å². The van der Waals surface area contributed by atoms with Crippen molar-refractivity contribution in [3.05, 3.63) is 33.9 Å². The minimum atomic E-state index is -1.49. The van der Waals surface area contributed by atoms with E-state index >= 15 is 0 Å². The number of nitrogens with zero attached hydrogens (tertiary/aromatic N) is 1. The van der Waals surface area contributed by atoms with Gasteiger partial charge in [-0.25, -0.2) is 8.78 Å². The molecule has 21 heavy (non-hydrogen) atoms. The summed E-state index contributed by atoms with van der Waals surface area (Å²) in [6, 6.07) is 1.39. The van der Waals surface area contributed by atoms with Gasteiger partial charge >= 0.3 is 0 Å². The molecular formula is C12H11F2N3O4. The summed E-state index contributed by atoms with van der Waals surface area (Å²) < 4.78 is 26.8. The van der Waals surface area contributed by atoms with Crippen molar-refractivity contribution in [3.8, 4) is 0 Å². The average Bonchev–Trinajstić information content (AvgIpc) is 2.44. The number of nitro groups is 1. The van der Waals surface area contributed by atoms with Gasteiger partial charge in [0.2, 0.25) is 11.8 Å². The Labute approximate surface area is 117 Å². The number of hydrogen-bond donors (Lipinski definition) is 2. The minimum Gasteiger partial charge on any atom is -0.355 e. The number of halogens is 2. The van der Waals surface area contributed by atoms with E-state index in [2.05, 4.69) is 5.32 Å². The van der Waals surface area contributed by atoms with Crippen LogP contribution in [0.3, 0.4) is 0 Å². The molecule has 0 bridgehead atoms. The van der Waals surface area contributed by atoms with Gasteiger partial charge in [-0.2, -0.15) is 0 Å². The Hall–Kier alpha value is -2.58. The molecule has 0 saturated carbocycles. The average molecular weight is 299 g/mol. The van der Waals surface area contributed by atoms with Crippen molar-refractivity contribution in [2.75, 3.05) is 11.9 Å². The summed E-state index contributed by atoms with van der Waals surface area (Å²) in [5, 5.41) is 15.3. The topological polar surface area (TPSA) is 101 Å². The number of nitro benzene ring substituents is 1. The van der Waals surface area contributed by atoms with E-state index in [9.17, 15) is 28.5 Å². The van der Waals surface area contributed by atoms with E-state index in [0.29, 0.717) is 6.07 Å². The molecule has 1 fully saturated rings. The van der Waals surface area contributed by atoms with E-state index in [-0.39, 0.29) is 25.3 Å². The van der Waals surface area contributed by atoms with E-state index in [1.807, 2.05) is 5.32 Å². The number of nitrogens with one attached hydrogen (secondary N) is 2.